The van der Waals surface area contributed by atoms with E-state index in [0.717, 1.165) is 33.8 Å². The van der Waals surface area contributed by atoms with E-state index in [0.29, 0.717) is 11.1 Å². The van der Waals surface area contributed by atoms with Crippen LogP contribution >= 0.6 is 0 Å². The molecule has 2 aromatic carbocycles. The number of aryl methyl sites for hydroxylation is 4. The Morgan fingerprint density at radius 1 is 0.719 bits per heavy atom. The van der Waals surface area contributed by atoms with Crippen molar-refractivity contribution in [2.24, 2.45) is 0 Å². The monoisotopic (exact) mass is 434 g/mol. The molecule has 2 N–H and O–H groups in total. The van der Waals surface area contributed by atoms with Gasteiger partial charge < -0.3 is 20.1 Å². The number of ether oxygens (including phenoxy) is 2. The third-order valence-electron chi connectivity index (χ3n) is 4.50. The second kappa shape index (κ2) is 12.7. The van der Waals surface area contributed by atoms with Crippen molar-refractivity contribution >= 4 is 11.8 Å². The zero-order chi connectivity index (χ0) is 24.3. The Labute approximate surface area is 190 Å². The molecule has 0 aliphatic heterocycles. The van der Waals surface area contributed by atoms with E-state index in [4.69, 9.17) is 22.3 Å². The van der Waals surface area contributed by atoms with E-state index in [2.05, 4.69) is 22.5 Å². The lowest BCUT2D eigenvalue weighted by Gasteiger charge is -2.11. The van der Waals surface area contributed by atoms with Crippen molar-refractivity contribution in [3.63, 3.8) is 0 Å². The highest BCUT2D eigenvalue weighted by molar-refractivity contribution is 5.95. The first-order chi connectivity index (χ1) is 15.2. The molecular weight excluding hydrogens is 404 g/mol. The van der Waals surface area contributed by atoms with Crippen molar-refractivity contribution in [2.45, 2.75) is 27.7 Å². The van der Waals surface area contributed by atoms with Crippen LogP contribution in [0.3, 0.4) is 0 Å². The number of rotatable bonds is 6. The fourth-order valence-corrected chi connectivity index (χ4v) is 3.13. The Bertz CT molecular complexity index is 927. The predicted octanol–water partition coefficient (Wildman–Crippen LogP) is 3.35. The molecule has 6 heteroatoms. The molecule has 0 atom stereocenters. The molecular formula is C26H30N2O4. The third-order valence-corrected chi connectivity index (χ3v) is 4.50. The van der Waals surface area contributed by atoms with Gasteiger partial charge in [-0.05, 0) is 74.2 Å². The third kappa shape index (κ3) is 7.11. The smallest absolute Gasteiger partial charge is 0.251 e. The number of terminal acetylenes is 2. The minimum atomic E-state index is -0.102. The zero-order valence-electron chi connectivity index (χ0n) is 19.5. The number of benzene rings is 2. The van der Waals surface area contributed by atoms with Gasteiger partial charge in [-0.25, -0.2) is 0 Å². The summed E-state index contributed by atoms with van der Waals surface area (Å²) >= 11 is 0. The molecule has 0 saturated heterocycles. The second-order valence-corrected chi connectivity index (χ2v) is 7.02. The second-order valence-electron chi connectivity index (χ2n) is 7.02. The Balaban J connectivity index is 0.000000320. The number of carbonyl (C=O) groups excluding carboxylic acids is 2. The van der Waals surface area contributed by atoms with Gasteiger partial charge in [0, 0.05) is 25.2 Å². The van der Waals surface area contributed by atoms with Gasteiger partial charge in [0.25, 0.3) is 11.8 Å². The first-order valence-corrected chi connectivity index (χ1v) is 9.99. The molecule has 0 fully saturated rings. The molecule has 2 amide bonds. The maximum Gasteiger partial charge on any atom is 0.251 e. The summed E-state index contributed by atoms with van der Waals surface area (Å²) in [6.45, 7) is 8.05. The fourth-order valence-electron chi connectivity index (χ4n) is 3.13. The Morgan fingerprint density at radius 2 is 1.00 bits per heavy atom. The predicted molar refractivity (Wildman–Crippen MR) is 127 cm³/mol. The molecule has 32 heavy (non-hydrogen) atoms. The van der Waals surface area contributed by atoms with Crippen LogP contribution in [0.4, 0.5) is 0 Å². The van der Waals surface area contributed by atoms with E-state index in [9.17, 15) is 9.59 Å². The SMILES string of the molecule is C#CCOc1c(C)cc(C(=O)NC)cc1C.C#CCOc1c(C)cc(C(=O)NC)cc1C. The van der Waals surface area contributed by atoms with Crippen molar-refractivity contribution in [3.8, 4) is 36.2 Å². The Morgan fingerprint density at radius 3 is 1.22 bits per heavy atom. The number of hydrogen-bond acceptors (Lipinski definition) is 4. The molecule has 0 heterocycles. The standard InChI is InChI=1S/2C13H15NO2/c2*1-5-6-16-12-9(2)7-11(8-10(12)3)13(15)14-4/h2*1,7-8H,6H2,2-4H3,(H,14,15). The van der Waals surface area contributed by atoms with Crippen LogP contribution in [0.5, 0.6) is 11.5 Å². The molecule has 0 aromatic heterocycles. The van der Waals surface area contributed by atoms with E-state index in [-0.39, 0.29) is 25.0 Å². The van der Waals surface area contributed by atoms with Crippen molar-refractivity contribution in [1.29, 1.82) is 0 Å². The Hall–Kier alpha value is -3.90. The van der Waals surface area contributed by atoms with E-state index in [1.165, 1.54) is 0 Å². The van der Waals surface area contributed by atoms with Crippen LogP contribution in [0.15, 0.2) is 24.3 Å². The number of carbonyl (C=O) groups is 2. The fraction of sp³-hybridized carbons (Fsp3) is 0.308. The number of amides is 2. The van der Waals surface area contributed by atoms with Gasteiger partial charge in [-0.15, -0.1) is 12.8 Å². The maximum atomic E-state index is 11.5. The maximum absolute atomic E-state index is 11.5. The van der Waals surface area contributed by atoms with Crippen molar-refractivity contribution in [3.05, 3.63) is 57.6 Å². The van der Waals surface area contributed by atoms with Crippen LogP contribution in [0.1, 0.15) is 43.0 Å². The van der Waals surface area contributed by atoms with Crippen LogP contribution in [-0.4, -0.2) is 39.1 Å². The average Bonchev–Trinajstić information content (AvgIpc) is 2.77. The van der Waals surface area contributed by atoms with Gasteiger partial charge in [0.15, 0.2) is 0 Å². The number of nitrogens with one attached hydrogen (secondary N) is 2. The van der Waals surface area contributed by atoms with Gasteiger partial charge in [-0.1, -0.05) is 11.8 Å². The van der Waals surface area contributed by atoms with Crippen LogP contribution < -0.4 is 20.1 Å². The van der Waals surface area contributed by atoms with Gasteiger partial charge >= 0.3 is 0 Å². The number of hydrogen-bond donors (Lipinski definition) is 2. The molecule has 0 spiro atoms. The molecule has 0 radical (unpaired) electrons. The quantitative estimate of drug-likeness (QED) is 0.684. The molecule has 2 aromatic rings. The van der Waals surface area contributed by atoms with Crippen LogP contribution in [0.2, 0.25) is 0 Å². The summed E-state index contributed by atoms with van der Waals surface area (Å²) in [6, 6.07) is 7.16. The molecule has 0 unspecified atom stereocenters. The van der Waals surface area contributed by atoms with Gasteiger partial charge in [0.05, 0.1) is 0 Å². The van der Waals surface area contributed by atoms with Crippen molar-refractivity contribution in [1.82, 2.24) is 10.6 Å². The summed E-state index contributed by atoms with van der Waals surface area (Å²) in [5.74, 6) is 6.14. The van der Waals surface area contributed by atoms with Crippen LogP contribution in [0, 0.1) is 52.4 Å². The normalized spacial score (nSPS) is 9.38. The lowest BCUT2D eigenvalue weighted by Crippen LogP contribution is -2.18. The van der Waals surface area contributed by atoms with Crippen molar-refractivity contribution in [2.75, 3.05) is 27.3 Å². The van der Waals surface area contributed by atoms with Gasteiger partial charge in [-0.2, -0.15) is 0 Å². The highest BCUT2D eigenvalue weighted by atomic mass is 16.5. The molecule has 2 rings (SSSR count). The first-order valence-electron chi connectivity index (χ1n) is 9.99. The van der Waals surface area contributed by atoms with E-state index < -0.39 is 0 Å². The van der Waals surface area contributed by atoms with E-state index in [1.54, 1.807) is 38.4 Å². The van der Waals surface area contributed by atoms with Gasteiger partial charge in [-0.3, -0.25) is 9.59 Å². The summed E-state index contributed by atoms with van der Waals surface area (Å²) in [5, 5.41) is 5.17. The minimum Gasteiger partial charge on any atom is -0.480 e. The van der Waals surface area contributed by atoms with E-state index >= 15 is 0 Å². The lowest BCUT2D eigenvalue weighted by molar-refractivity contribution is 0.0955. The summed E-state index contributed by atoms with van der Waals surface area (Å²) < 4.78 is 10.8. The van der Waals surface area contributed by atoms with Gasteiger partial charge in [0.1, 0.15) is 24.7 Å². The average molecular weight is 435 g/mol. The molecule has 0 aliphatic rings. The van der Waals surface area contributed by atoms with E-state index in [1.807, 2.05) is 27.7 Å². The Kier molecular flexibility index (Phi) is 10.4. The summed E-state index contributed by atoms with van der Waals surface area (Å²) in [4.78, 5) is 22.9. The highest BCUT2D eigenvalue weighted by Crippen LogP contribution is 2.25. The lowest BCUT2D eigenvalue weighted by atomic mass is 10.1. The van der Waals surface area contributed by atoms with Crippen molar-refractivity contribution < 1.29 is 19.1 Å². The topological polar surface area (TPSA) is 76.7 Å². The minimum absolute atomic E-state index is 0.102. The summed E-state index contributed by atoms with van der Waals surface area (Å²) in [7, 11) is 3.21. The molecule has 168 valence electrons. The van der Waals surface area contributed by atoms with Crippen LogP contribution in [0.25, 0.3) is 0 Å². The first kappa shape index (κ1) is 26.1. The summed E-state index contributed by atoms with van der Waals surface area (Å²) in [5.41, 5.74) is 4.90. The van der Waals surface area contributed by atoms with Gasteiger partial charge in [0.2, 0.25) is 0 Å². The van der Waals surface area contributed by atoms with Crippen LogP contribution in [-0.2, 0) is 0 Å². The summed E-state index contributed by atoms with van der Waals surface area (Å²) in [6.07, 6.45) is 10.3. The highest BCUT2D eigenvalue weighted by Gasteiger charge is 2.11. The molecule has 0 saturated carbocycles. The molecule has 0 aliphatic carbocycles. The largest absolute Gasteiger partial charge is 0.480 e. The molecule has 0 bridgehead atoms. The zero-order valence-corrected chi connectivity index (χ0v) is 19.5. The molecule has 6 nitrogen and oxygen atoms in total.